The number of nitrogens with one attached hydrogen (secondary N) is 1. The summed E-state index contributed by atoms with van der Waals surface area (Å²) in [6.45, 7) is 4.00. The highest BCUT2D eigenvalue weighted by atomic mass is 35.5. The van der Waals surface area contributed by atoms with Crippen molar-refractivity contribution in [2.45, 2.75) is 50.5 Å². The van der Waals surface area contributed by atoms with E-state index in [1.54, 1.807) is 18.2 Å². The van der Waals surface area contributed by atoms with Gasteiger partial charge in [0.2, 0.25) is 10.0 Å². The molecule has 0 fully saturated rings. The highest BCUT2D eigenvalue weighted by Gasteiger charge is 2.19. The summed E-state index contributed by atoms with van der Waals surface area (Å²) in [7, 11) is -3.51. The summed E-state index contributed by atoms with van der Waals surface area (Å²) in [4.78, 5) is 0.147. The second-order valence-corrected chi connectivity index (χ2v) is 6.54. The quantitative estimate of drug-likeness (QED) is 0.780. The molecule has 0 aliphatic carbocycles. The molecule has 0 aromatic heterocycles. The minimum Gasteiger partial charge on any atom is -0.208 e. The number of halogens is 1. The van der Waals surface area contributed by atoms with Gasteiger partial charge in [0.25, 0.3) is 0 Å². The zero-order chi connectivity index (χ0) is 13.6. The van der Waals surface area contributed by atoms with Crippen LogP contribution in [0.15, 0.2) is 29.2 Å². The first kappa shape index (κ1) is 15.5. The number of unbranched alkanes of at least 4 members (excludes halogenated alkanes) is 2. The van der Waals surface area contributed by atoms with E-state index in [-0.39, 0.29) is 16.0 Å². The van der Waals surface area contributed by atoms with E-state index in [0.717, 1.165) is 25.7 Å². The van der Waals surface area contributed by atoms with Gasteiger partial charge in [-0.25, -0.2) is 13.1 Å². The lowest BCUT2D eigenvalue weighted by Crippen LogP contribution is -2.32. The fourth-order valence-corrected chi connectivity index (χ4v) is 3.55. The van der Waals surface area contributed by atoms with Crippen molar-refractivity contribution in [3.8, 4) is 0 Å². The predicted molar refractivity (Wildman–Crippen MR) is 75.4 cm³/mol. The van der Waals surface area contributed by atoms with Gasteiger partial charge in [-0.15, -0.1) is 0 Å². The molecular weight excluding hydrogens is 270 g/mol. The fourth-order valence-electron chi connectivity index (χ4n) is 1.75. The molecule has 1 unspecified atom stereocenters. The maximum atomic E-state index is 12.1. The third kappa shape index (κ3) is 4.59. The molecule has 3 nitrogen and oxygen atoms in total. The van der Waals surface area contributed by atoms with Crippen LogP contribution in [-0.4, -0.2) is 14.5 Å². The van der Waals surface area contributed by atoms with Crippen LogP contribution in [0, 0.1) is 0 Å². The van der Waals surface area contributed by atoms with E-state index >= 15 is 0 Å². The Labute approximate surface area is 115 Å². The second-order valence-electron chi connectivity index (χ2n) is 4.45. The van der Waals surface area contributed by atoms with Crippen LogP contribution < -0.4 is 4.72 Å². The van der Waals surface area contributed by atoms with Gasteiger partial charge in [-0.1, -0.05) is 49.9 Å². The molecule has 0 heterocycles. The minimum atomic E-state index is -3.51. The summed E-state index contributed by atoms with van der Waals surface area (Å²) in [6.07, 6.45) is 4.13. The van der Waals surface area contributed by atoms with E-state index in [2.05, 4.69) is 11.6 Å². The number of rotatable bonds is 7. The van der Waals surface area contributed by atoms with E-state index in [9.17, 15) is 8.42 Å². The third-order valence-electron chi connectivity index (χ3n) is 2.72. The minimum absolute atomic E-state index is 0.0715. The lowest BCUT2D eigenvalue weighted by Gasteiger charge is -2.14. The average molecular weight is 290 g/mol. The van der Waals surface area contributed by atoms with Crippen molar-refractivity contribution in [1.29, 1.82) is 0 Å². The van der Waals surface area contributed by atoms with Gasteiger partial charge < -0.3 is 0 Å². The Bertz CT molecular complexity index is 474. The Morgan fingerprint density at radius 2 is 1.94 bits per heavy atom. The van der Waals surface area contributed by atoms with Crippen LogP contribution in [-0.2, 0) is 10.0 Å². The van der Waals surface area contributed by atoms with Crippen LogP contribution in [0.25, 0.3) is 0 Å². The molecule has 0 saturated heterocycles. The normalized spacial score (nSPS) is 13.5. The highest BCUT2D eigenvalue weighted by Crippen LogP contribution is 2.20. The van der Waals surface area contributed by atoms with Crippen molar-refractivity contribution in [3.63, 3.8) is 0 Å². The molecule has 1 atom stereocenters. The van der Waals surface area contributed by atoms with Crippen LogP contribution in [0.1, 0.15) is 39.5 Å². The average Bonchev–Trinajstić information content (AvgIpc) is 2.29. The first-order valence-corrected chi connectivity index (χ1v) is 8.10. The molecule has 0 saturated carbocycles. The van der Waals surface area contributed by atoms with Gasteiger partial charge in [-0.05, 0) is 25.5 Å². The lowest BCUT2D eigenvalue weighted by molar-refractivity contribution is 0.527. The third-order valence-corrected chi connectivity index (χ3v) is 4.81. The highest BCUT2D eigenvalue weighted by molar-refractivity contribution is 7.89. The number of sulfonamides is 1. The Kier molecular flexibility index (Phi) is 6.12. The molecule has 1 aromatic carbocycles. The van der Waals surface area contributed by atoms with Gasteiger partial charge in [0, 0.05) is 6.04 Å². The molecule has 0 aliphatic heterocycles. The molecule has 1 N–H and O–H groups in total. The van der Waals surface area contributed by atoms with E-state index < -0.39 is 10.0 Å². The smallest absolute Gasteiger partial charge is 0.208 e. The molecule has 0 amide bonds. The molecule has 102 valence electrons. The number of hydrogen-bond acceptors (Lipinski definition) is 2. The SMILES string of the molecule is CCCCCC(C)NS(=O)(=O)c1ccccc1Cl. The summed E-state index contributed by atoms with van der Waals surface area (Å²) in [5.74, 6) is 0. The van der Waals surface area contributed by atoms with Gasteiger partial charge in [0.05, 0.1) is 5.02 Å². The van der Waals surface area contributed by atoms with Crippen molar-refractivity contribution >= 4 is 21.6 Å². The summed E-state index contributed by atoms with van der Waals surface area (Å²) < 4.78 is 26.9. The zero-order valence-electron chi connectivity index (χ0n) is 10.8. The van der Waals surface area contributed by atoms with E-state index in [0.29, 0.717) is 0 Å². The zero-order valence-corrected chi connectivity index (χ0v) is 12.4. The Hall–Kier alpha value is -0.580. The summed E-state index contributed by atoms with van der Waals surface area (Å²) >= 11 is 5.90. The fraction of sp³-hybridized carbons (Fsp3) is 0.538. The summed E-state index contributed by atoms with van der Waals surface area (Å²) in [5, 5.41) is 0.255. The van der Waals surface area contributed by atoms with Crippen LogP contribution in [0.4, 0.5) is 0 Å². The maximum Gasteiger partial charge on any atom is 0.242 e. The van der Waals surface area contributed by atoms with E-state index in [4.69, 9.17) is 11.6 Å². The number of benzene rings is 1. The molecule has 0 aliphatic rings. The van der Waals surface area contributed by atoms with Crippen LogP contribution in [0.5, 0.6) is 0 Å². The second kappa shape index (κ2) is 7.12. The van der Waals surface area contributed by atoms with Crippen LogP contribution in [0.2, 0.25) is 5.02 Å². The maximum absolute atomic E-state index is 12.1. The van der Waals surface area contributed by atoms with E-state index in [1.165, 1.54) is 6.07 Å². The van der Waals surface area contributed by atoms with Crippen molar-refractivity contribution in [1.82, 2.24) is 4.72 Å². The molecule has 18 heavy (non-hydrogen) atoms. The standard InChI is InChI=1S/C13H20ClNO2S/c1-3-4-5-8-11(2)15-18(16,17)13-10-7-6-9-12(13)14/h6-7,9-11,15H,3-5,8H2,1-2H3. The molecule has 5 heteroatoms. The Morgan fingerprint density at radius 3 is 2.56 bits per heavy atom. The molecule has 0 bridgehead atoms. The Morgan fingerprint density at radius 1 is 1.28 bits per heavy atom. The Balaban J connectivity index is 2.68. The van der Waals surface area contributed by atoms with Crippen molar-refractivity contribution in [2.24, 2.45) is 0 Å². The van der Waals surface area contributed by atoms with Crippen molar-refractivity contribution < 1.29 is 8.42 Å². The van der Waals surface area contributed by atoms with Crippen LogP contribution >= 0.6 is 11.6 Å². The summed E-state index contributed by atoms with van der Waals surface area (Å²) in [6, 6.07) is 6.41. The topological polar surface area (TPSA) is 46.2 Å². The molecule has 0 spiro atoms. The monoisotopic (exact) mass is 289 g/mol. The first-order valence-electron chi connectivity index (χ1n) is 6.24. The van der Waals surface area contributed by atoms with Crippen molar-refractivity contribution in [3.05, 3.63) is 29.3 Å². The van der Waals surface area contributed by atoms with E-state index in [1.807, 2.05) is 6.92 Å². The molecule has 1 aromatic rings. The van der Waals surface area contributed by atoms with Gasteiger partial charge in [0.15, 0.2) is 0 Å². The number of hydrogen-bond donors (Lipinski definition) is 1. The lowest BCUT2D eigenvalue weighted by atomic mass is 10.1. The predicted octanol–water partition coefficient (Wildman–Crippen LogP) is 3.59. The molecule has 0 radical (unpaired) electrons. The van der Waals surface area contributed by atoms with Gasteiger partial charge >= 0.3 is 0 Å². The first-order chi connectivity index (χ1) is 8.47. The van der Waals surface area contributed by atoms with Gasteiger partial charge in [0.1, 0.15) is 4.90 Å². The van der Waals surface area contributed by atoms with Crippen LogP contribution in [0.3, 0.4) is 0 Å². The van der Waals surface area contributed by atoms with Gasteiger partial charge in [-0.2, -0.15) is 0 Å². The largest absolute Gasteiger partial charge is 0.242 e. The van der Waals surface area contributed by atoms with Gasteiger partial charge in [-0.3, -0.25) is 0 Å². The molecular formula is C13H20ClNO2S. The summed E-state index contributed by atoms with van der Waals surface area (Å²) in [5.41, 5.74) is 0. The molecule has 1 rings (SSSR count). The van der Waals surface area contributed by atoms with Crippen molar-refractivity contribution in [2.75, 3.05) is 0 Å².